The molecule has 0 aliphatic carbocycles. The molecule has 1 aromatic heterocycles. The number of aromatic nitrogens is 3. The SMILES string of the molecule is CC(C)Cn1c(CBr)nnc1-c1c(F)cccc1F. The molecular formula is C13H14BrF2N3. The molecule has 6 heteroatoms. The van der Waals surface area contributed by atoms with Gasteiger partial charge in [0.05, 0.1) is 10.9 Å². The summed E-state index contributed by atoms with van der Waals surface area (Å²) in [7, 11) is 0. The minimum absolute atomic E-state index is 0.122. The number of hydrogen-bond acceptors (Lipinski definition) is 2. The largest absolute Gasteiger partial charge is 0.310 e. The summed E-state index contributed by atoms with van der Waals surface area (Å²) in [6.07, 6.45) is 0. The van der Waals surface area contributed by atoms with E-state index in [1.165, 1.54) is 18.2 Å². The van der Waals surface area contributed by atoms with Gasteiger partial charge in [0.2, 0.25) is 0 Å². The summed E-state index contributed by atoms with van der Waals surface area (Å²) < 4.78 is 29.4. The maximum Gasteiger partial charge on any atom is 0.169 e. The normalized spacial score (nSPS) is 11.3. The van der Waals surface area contributed by atoms with Gasteiger partial charge in [0.25, 0.3) is 0 Å². The van der Waals surface area contributed by atoms with Gasteiger partial charge in [0, 0.05) is 6.54 Å². The zero-order valence-electron chi connectivity index (χ0n) is 10.7. The van der Waals surface area contributed by atoms with Crippen LogP contribution in [0.15, 0.2) is 18.2 Å². The third-order valence-corrected chi connectivity index (χ3v) is 3.18. The van der Waals surface area contributed by atoms with Gasteiger partial charge in [-0.1, -0.05) is 35.8 Å². The van der Waals surface area contributed by atoms with Crippen molar-refractivity contribution in [3.8, 4) is 11.4 Å². The molecule has 0 unspecified atom stereocenters. The molecular weight excluding hydrogens is 316 g/mol. The van der Waals surface area contributed by atoms with Crippen LogP contribution in [0.1, 0.15) is 19.7 Å². The summed E-state index contributed by atoms with van der Waals surface area (Å²) in [6, 6.07) is 3.78. The summed E-state index contributed by atoms with van der Waals surface area (Å²) >= 11 is 3.31. The van der Waals surface area contributed by atoms with Crippen molar-refractivity contribution in [1.29, 1.82) is 0 Å². The number of alkyl halides is 1. The average molecular weight is 330 g/mol. The molecule has 0 bridgehead atoms. The van der Waals surface area contributed by atoms with Gasteiger partial charge in [0.15, 0.2) is 5.82 Å². The topological polar surface area (TPSA) is 30.7 Å². The van der Waals surface area contributed by atoms with E-state index < -0.39 is 11.6 Å². The number of benzene rings is 1. The third-order valence-electron chi connectivity index (χ3n) is 2.68. The Balaban J connectivity index is 2.59. The molecule has 0 saturated carbocycles. The second kappa shape index (κ2) is 5.77. The molecule has 3 nitrogen and oxygen atoms in total. The van der Waals surface area contributed by atoms with Gasteiger partial charge in [-0.2, -0.15) is 0 Å². The van der Waals surface area contributed by atoms with Crippen LogP contribution < -0.4 is 0 Å². The smallest absolute Gasteiger partial charge is 0.169 e. The minimum atomic E-state index is -0.626. The number of halogens is 3. The Morgan fingerprint density at radius 2 is 1.84 bits per heavy atom. The van der Waals surface area contributed by atoms with Crippen molar-refractivity contribution < 1.29 is 8.78 Å². The first kappa shape index (κ1) is 14.1. The van der Waals surface area contributed by atoms with Gasteiger partial charge in [0.1, 0.15) is 17.5 Å². The zero-order chi connectivity index (χ0) is 14.0. The molecule has 2 aromatic rings. The van der Waals surface area contributed by atoms with Crippen LogP contribution in [0.5, 0.6) is 0 Å². The van der Waals surface area contributed by atoms with Crippen molar-refractivity contribution in [3.05, 3.63) is 35.7 Å². The fraction of sp³-hybridized carbons (Fsp3) is 0.385. The molecule has 0 amide bonds. The van der Waals surface area contributed by atoms with E-state index in [2.05, 4.69) is 26.1 Å². The van der Waals surface area contributed by atoms with Gasteiger partial charge in [-0.3, -0.25) is 0 Å². The van der Waals surface area contributed by atoms with Crippen LogP contribution in [0.3, 0.4) is 0 Å². The van der Waals surface area contributed by atoms with Crippen LogP contribution in [-0.2, 0) is 11.9 Å². The summed E-state index contributed by atoms with van der Waals surface area (Å²) in [4.78, 5) is 0. The van der Waals surface area contributed by atoms with Gasteiger partial charge < -0.3 is 4.57 Å². The lowest BCUT2D eigenvalue weighted by atomic mass is 10.1. The number of nitrogens with zero attached hydrogens (tertiary/aromatic N) is 3. The molecule has 0 radical (unpaired) electrons. The lowest BCUT2D eigenvalue weighted by Crippen LogP contribution is -2.10. The van der Waals surface area contributed by atoms with Crippen LogP contribution in [0, 0.1) is 17.6 Å². The molecule has 2 rings (SSSR count). The van der Waals surface area contributed by atoms with Crippen molar-refractivity contribution >= 4 is 15.9 Å². The fourth-order valence-corrected chi connectivity index (χ4v) is 2.30. The minimum Gasteiger partial charge on any atom is -0.310 e. The Morgan fingerprint density at radius 3 is 2.37 bits per heavy atom. The van der Waals surface area contributed by atoms with E-state index in [0.717, 1.165) is 0 Å². The molecule has 0 spiro atoms. The molecule has 1 heterocycles. The molecule has 0 fully saturated rings. The quantitative estimate of drug-likeness (QED) is 0.799. The lowest BCUT2D eigenvalue weighted by molar-refractivity contribution is 0.511. The molecule has 0 aliphatic rings. The monoisotopic (exact) mass is 329 g/mol. The van der Waals surface area contributed by atoms with E-state index in [9.17, 15) is 8.78 Å². The van der Waals surface area contributed by atoms with E-state index in [-0.39, 0.29) is 11.4 Å². The summed E-state index contributed by atoms with van der Waals surface area (Å²) in [5.41, 5.74) is -0.122. The van der Waals surface area contributed by atoms with E-state index in [1.807, 2.05) is 13.8 Å². The Bertz CT molecular complexity index is 561. The van der Waals surface area contributed by atoms with Crippen LogP contribution in [0.2, 0.25) is 0 Å². The highest BCUT2D eigenvalue weighted by molar-refractivity contribution is 9.08. The first-order valence-corrected chi connectivity index (χ1v) is 7.09. The molecule has 0 N–H and O–H groups in total. The van der Waals surface area contributed by atoms with Crippen molar-refractivity contribution in [2.24, 2.45) is 5.92 Å². The fourth-order valence-electron chi connectivity index (χ4n) is 1.89. The molecule has 0 atom stereocenters. The van der Waals surface area contributed by atoms with Crippen LogP contribution in [0.4, 0.5) is 8.78 Å². The maximum absolute atomic E-state index is 13.8. The molecule has 0 aliphatic heterocycles. The Morgan fingerprint density at radius 1 is 1.21 bits per heavy atom. The highest BCUT2D eigenvalue weighted by Crippen LogP contribution is 2.26. The van der Waals surface area contributed by atoms with Crippen molar-refractivity contribution in [1.82, 2.24) is 14.8 Å². The third kappa shape index (κ3) is 2.83. The standard InChI is InChI=1S/C13H14BrF2N3/c1-8(2)7-19-11(6-14)17-18-13(19)12-9(15)4-3-5-10(12)16/h3-5,8H,6-7H2,1-2H3. The Hall–Kier alpha value is -1.30. The van der Waals surface area contributed by atoms with Crippen molar-refractivity contribution in [3.63, 3.8) is 0 Å². The highest BCUT2D eigenvalue weighted by Gasteiger charge is 2.20. The van der Waals surface area contributed by atoms with E-state index >= 15 is 0 Å². The Kier molecular flexibility index (Phi) is 4.29. The predicted octanol–water partition coefficient (Wildman–Crippen LogP) is 3.77. The van der Waals surface area contributed by atoms with E-state index in [4.69, 9.17) is 0 Å². The summed E-state index contributed by atoms with van der Waals surface area (Å²) in [5, 5.41) is 8.40. The molecule has 1 aromatic carbocycles. The van der Waals surface area contributed by atoms with Gasteiger partial charge in [-0.25, -0.2) is 8.78 Å². The second-order valence-corrected chi connectivity index (χ2v) is 5.24. The summed E-state index contributed by atoms with van der Waals surface area (Å²) in [6.45, 7) is 4.66. The van der Waals surface area contributed by atoms with E-state index in [0.29, 0.717) is 23.6 Å². The molecule has 102 valence electrons. The van der Waals surface area contributed by atoms with Crippen molar-refractivity contribution in [2.45, 2.75) is 25.7 Å². The van der Waals surface area contributed by atoms with Gasteiger partial charge >= 0.3 is 0 Å². The van der Waals surface area contributed by atoms with Gasteiger partial charge in [-0.05, 0) is 18.1 Å². The molecule has 19 heavy (non-hydrogen) atoms. The average Bonchev–Trinajstić information content (AvgIpc) is 2.71. The lowest BCUT2D eigenvalue weighted by Gasteiger charge is -2.12. The highest BCUT2D eigenvalue weighted by atomic mass is 79.9. The predicted molar refractivity (Wildman–Crippen MR) is 72.8 cm³/mol. The van der Waals surface area contributed by atoms with Crippen LogP contribution >= 0.6 is 15.9 Å². The Labute approximate surface area is 118 Å². The maximum atomic E-state index is 13.8. The number of rotatable bonds is 4. The van der Waals surface area contributed by atoms with E-state index in [1.54, 1.807) is 4.57 Å². The zero-order valence-corrected chi connectivity index (χ0v) is 12.3. The second-order valence-electron chi connectivity index (χ2n) is 4.67. The summed E-state index contributed by atoms with van der Waals surface area (Å²) in [5.74, 6) is -0.0375. The first-order chi connectivity index (χ1) is 9.04. The van der Waals surface area contributed by atoms with Crippen LogP contribution in [-0.4, -0.2) is 14.8 Å². The van der Waals surface area contributed by atoms with Crippen LogP contribution in [0.25, 0.3) is 11.4 Å². The van der Waals surface area contributed by atoms with Crippen molar-refractivity contribution in [2.75, 3.05) is 0 Å². The first-order valence-electron chi connectivity index (χ1n) is 5.97. The van der Waals surface area contributed by atoms with Gasteiger partial charge in [-0.15, -0.1) is 10.2 Å². The molecule has 0 saturated heterocycles. The number of hydrogen-bond donors (Lipinski definition) is 0.